The van der Waals surface area contributed by atoms with Gasteiger partial charge in [-0.2, -0.15) is 0 Å². The van der Waals surface area contributed by atoms with Crippen LogP contribution in [0.5, 0.6) is 5.75 Å². The molecular formula is C20H18N2O4S3. The van der Waals surface area contributed by atoms with Crippen molar-refractivity contribution in [2.45, 2.75) is 16.9 Å². The van der Waals surface area contributed by atoms with Crippen molar-refractivity contribution in [3.8, 4) is 5.75 Å². The van der Waals surface area contributed by atoms with Crippen LogP contribution in [-0.2, 0) is 14.4 Å². The van der Waals surface area contributed by atoms with Gasteiger partial charge in [-0.1, -0.05) is 12.1 Å². The molecule has 4 aliphatic heterocycles. The first-order chi connectivity index (χ1) is 14.0. The van der Waals surface area contributed by atoms with Gasteiger partial charge in [0.2, 0.25) is 17.7 Å². The van der Waals surface area contributed by atoms with Crippen LogP contribution in [0.15, 0.2) is 34.6 Å². The quantitative estimate of drug-likeness (QED) is 0.700. The van der Waals surface area contributed by atoms with E-state index in [-0.39, 0.29) is 46.9 Å². The summed E-state index contributed by atoms with van der Waals surface area (Å²) >= 11 is 5.35. The van der Waals surface area contributed by atoms with Gasteiger partial charge in [-0.15, -0.1) is 35.3 Å². The molecule has 2 saturated heterocycles. The van der Waals surface area contributed by atoms with Crippen molar-refractivity contribution >= 4 is 64.3 Å². The molecule has 0 aliphatic carbocycles. The van der Waals surface area contributed by atoms with Crippen molar-refractivity contribution in [2.75, 3.05) is 29.5 Å². The Morgan fingerprint density at radius 2 is 1.86 bits per heavy atom. The van der Waals surface area contributed by atoms with Crippen molar-refractivity contribution < 1.29 is 19.5 Å². The second kappa shape index (κ2) is 7.14. The molecule has 0 aromatic heterocycles. The van der Waals surface area contributed by atoms with Crippen LogP contribution < -0.4 is 4.90 Å². The summed E-state index contributed by atoms with van der Waals surface area (Å²) in [6.07, 6.45) is 2.52. The number of anilines is 1. The average molecular weight is 447 g/mol. The topological polar surface area (TPSA) is 77.9 Å². The Hall–Kier alpha value is -1.84. The average Bonchev–Trinajstić information content (AvgIpc) is 3.29. The number of amides is 3. The Kier molecular flexibility index (Phi) is 4.71. The number of para-hydroxylation sites is 1. The predicted octanol–water partition coefficient (Wildman–Crippen LogP) is 3.04. The first kappa shape index (κ1) is 19.1. The van der Waals surface area contributed by atoms with Crippen LogP contribution in [0.4, 0.5) is 5.69 Å². The normalized spacial score (nSPS) is 22.5. The minimum absolute atomic E-state index is 0.0316. The molecule has 1 aromatic carbocycles. The van der Waals surface area contributed by atoms with E-state index in [1.54, 1.807) is 23.9 Å². The summed E-state index contributed by atoms with van der Waals surface area (Å²) in [6, 6.07) is 5.31. The number of carbonyl (C=O) groups excluding carboxylic acids is 3. The van der Waals surface area contributed by atoms with Crippen LogP contribution in [0.1, 0.15) is 18.4 Å². The number of rotatable bonds is 2. The molecular weight excluding hydrogens is 428 g/mol. The Balaban J connectivity index is 1.55. The summed E-state index contributed by atoms with van der Waals surface area (Å²) in [7, 11) is 0. The van der Waals surface area contributed by atoms with Gasteiger partial charge in [-0.05, 0) is 17.6 Å². The lowest BCUT2D eigenvalue weighted by atomic mass is 9.94. The lowest BCUT2D eigenvalue weighted by Gasteiger charge is -2.40. The second-order valence-electron chi connectivity index (χ2n) is 7.11. The van der Waals surface area contributed by atoms with Crippen LogP contribution in [-0.4, -0.2) is 56.4 Å². The molecule has 0 bridgehead atoms. The fraction of sp³-hybridized carbons (Fsp3) is 0.350. The predicted molar refractivity (Wildman–Crippen MR) is 118 cm³/mol. The van der Waals surface area contributed by atoms with Gasteiger partial charge in [0.15, 0.2) is 0 Å². The van der Waals surface area contributed by atoms with E-state index < -0.39 is 0 Å². The van der Waals surface area contributed by atoms with Crippen LogP contribution in [0.2, 0.25) is 0 Å². The number of hydrogen-bond acceptors (Lipinski definition) is 7. The summed E-state index contributed by atoms with van der Waals surface area (Å²) in [5, 5.41) is 12.7. The largest absolute Gasteiger partial charge is 0.506 e. The molecule has 0 unspecified atom stereocenters. The number of thioether (sulfide) groups is 3. The molecule has 9 heteroatoms. The van der Waals surface area contributed by atoms with E-state index >= 15 is 0 Å². The minimum atomic E-state index is -0.362. The molecule has 29 heavy (non-hydrogen) atoms. The highest BCUT2D eigenvalue weighted by Gasteiger charge is 2.46. The number of phenolic OH excluding ortho intramolecular Hbond substituents is 1. The molecule has 3 amide bonds. The highest BCUT2D eigenvalue weighted by Crippen LogP contribution is 2.61. The van der Waals surface area contributed by atoms with E-state index in [9.17, 15) is 19.5 Å². The van der Waals surface area contributed by atoms with Gasteiger partial charge in [-0.3, -0.25) is 19.3 Å². The Bertz CT molecular complexity index is 981. The van der Waals surface area contributed by atoms with Gasteiger partial charge >= 0.3 is 0 Å². The SMILES string of the molecule is O=C1CCC(=O)N1CC(=O)N1CC2=C(c3cccc(O)c31)C1(C=CS2)SCCS1. The number of nitrogens with zero attached hydrogens (tertiary/aromatic N) is 2. The number of fused-ring (bicyclic) bond motifs is 3. The van der Waals surface area contributed by atoms with Gasteiger partial charge in [0.05, 0.1) is 12.2 Å². The van der Waals surface area contributed by atoms with E-state index in [1.807, 2.05) is 29.6 Å². The van der Waals surface area contributed by atoms with Gasteiger partial charge < -0.3 is 10.0 Å². The van der Waals surface area contributed by atoms with Crippen molar-refractivity contribution in [3.05, 3.63) is 40.2 Å². The lowest BCUT2D eigenvalue weighted by molar-refractivity contribution is -0.141. The monoisotopic (exact) mass is 446 g/mol. The van der Waals surface area contributed by atoms with Gasteiger partial charge in [0.25, 0.3) is 0 Å². The van der Waals surface area contributed by atoms with E-state index in [4.69, 9.17) is 0 Å². The lowest BCUT2D eigenvalue weighted by Crippen LogP contribution is -2.45. The molecule has 0 atom stereocenters. The van der Waals surface area contributed by atoms with Crippen molar-refractivity contribution in [2.24, 2.45) is 0 Å². The van der Waals surface area contributed by atoms with Gasteiger partial charge in [-0.25, -0.2) is 0 Å². The number of hydrogen-bond donors (Lipinski definition) is 1. The van der Waals surface area contributed by atoms with E-state index in [0.29, 0.717) is 12.2 Å². The zero-order valence-electron chi connectivity index (χ0n) is 15.4. The Morgan fingerprint density at radius 1 is 1.14 bits per heavy atom. The molecule has 2 fully saturated rings. The van der Waals surface area contributed by atoms with Crippen molar-refractivity contribution in [3.63, 3.8) is 0 Å². The zero-order chi connectivity index (χ0) is 20.2. The maximum absolute atomic E-state index is 13.2. The van der Waals surface area contributed by atoms with Crippen molar-refractivity contribution in [1.29, 1.82) is 0 Å². The molecule has 4 heterocycles. The molecule has 1 N–H and O–H groups in total. The third kappa shape index (κ3) is 3.02. The molecule has 1 aromatic rings. The van der Waals surface area contributed by atoms with Crippen LogP contribution >= 0.6 is 35.3 Å². The highest BCUT2D eigenvalue weighted by atomic mass is 32.2. The number of benzene rings is 1. The van der Waals surface area contributed by atoms with E-state index in [0.717, 1.165) is 32.4 Å². The third-order valence-electron chi connectivity index (χ3n) is 5.45. The smallest absolute Gasteiger partial charge is 0.247 e. The first-order valence-electron chi connectivity index (χ1n) is 9.32. The molecule has 0 saturated carbocycles. The van der Waals surface area contributed by atoms with Crippen LogP contribution in [0.3, 0.4) is 0 Å². The summed E-state index contributed by atoms with van der Waals surface area (Å²) in [6.45, 7) is 0.0377. The number of aromatic hydroxyl groups is 1. The number of imide groups is 1. The zero-order valence-corrected chi connectivity index (χ0v) is 17.9. The molecule has 0 radical (unpaired) electrons. The Morgan fingerprint density at radius 3 is 2.59 bits per heavy atom. The summed E-state index contributed by atoms with van der Waals surface area (Å²) < 4.78 is -0.195. The standard InChI is InChI=1S/C20H18N2O4S3/c23-13-3-1-2-12-18-14(27-7-6-20(18)28-8-9-29-20)10-22(19(12)13)17(26)11-21-15(24)4-5-16(21)25/h1-3,6-7,23H,4-5,8-11H2. The fourth-order valence-corrected chi connectivity index (χ4v) is 8.66. The van der Waals surface area contributed by atoms with E-state index in [2.05, 4.69) is 11.5 Å². The number of phenols is 1. The van der Waals surface area contributed by atoms with Gasteiger partial charge in [0, 0.05) is 40.4 Å². The van der Waals surface area contributed by atoms with Crippen LogP contribution in [0, 0.1) is 0 Å². The summed E-state index contributed by atoms with van der Waals surface area (Å²) in [4.78, 5) is 40.7. The first-order valence-corrected chi connectivity index (χ1v) is 12.2. The minimum Gasteiger partial charge on any atom is -0.506 e. The van der Waals surface area contributed by atoms with E-state index in [1.165, 1.54) is 4.90 Å². The maximum Gasteiger partial charge on any atom is 0.247 e. The Labute approximate surface area is 180 Å². The van der Waals surface area contributed by atoms with Crippen LogP contribution in [0.25, 0.3) is 5.57 Å². The molecule has 1 spiro atoms. The van der Waals surface area contributed by atoms with Crippen molar-refractivity contribution in [1.82, 2.24) is 4.90 Å². The molecule has 6 nitrogen and oxygen atoms in total. The third-order valence-corrected chi connectivity index (χ3v) is 9.66. The summed E-state index contributed by atoms with van der Waals surface area (Å²) in [5.41, 5.74) is 2.47. The molecule has 5 rings (SSSR count). The molecule has 4 aliphatic rings. The number of carbonyl (C=O) groups is 3. The second-order valence-corrected chi connectivity index (χ2v) is 11.1. The maximum atomic E-state index is 13.2. The number of likely N-dealkylation sites (tertiary alicyclic amines) is 1. The summed E-state index contributed by atoms with van der Waals surface area (Å²) in [5.74, 6) is 1.14. The van der Waals surface area contributed by atoms with Gasteiger partial charge in [0.1, 0.15) is 16.4 Å². The highest BCUT2D eigenvalue weighted by molar-refractivity contribution is 8.22. The fourth-order valence-electron chi connectivity index (χ4n) is 4.14. The molecule has 150 valence electrons.